The number of aromatic nitrogens is 1. The second-order valence-corrected chi connectivity index (χ2v) is 5.05. The molecule has 2 rings (SSSR count). The molecule has 0 spiro atoms. The predicted octanol–water partition coefficient (Wildman–Crippen LogP) is 2.22. The lowest BCUT2D eigenvalue weighted by atomic mass is 9.79. The Morgan fingerprint density at radius 3 is 2.53 bits per heavy atom. The van der Waals surface area contributed by atoms with Crippen molar-refractivity contribution in [3.8, 4) is 0 Å². The Bertz CT molecular complexity index is 470. The first-order valence-electron chi connectivity index (χ1n) is 6.54. The van der Waals surface area contributed by atoms with E-state index in [1.807, 2.05) is 13.0 Å². The van der Waals surface area contributed by atoms with Crippen LogP contribution < -0.4 is 5.32 Å². The molecule has 5 heteroatoms. The van der Waals surface area contributed by atoms with E-state index in [0.29, 0.717) is 18.7 Å². The fourth-order valence-electron chi connectivity index (χ4n) is 2.50. The van der Waals surface area contributed by atoms with Crippen molar-refractivity contribution in [3.05, 3.63) is 23.9 Å². The number of carboxylic acid groups (broad SMARTS) is 1. The molecule has 1 aromatic heterocycles. The average Bonchev–Trinajstić information content (AvgIpc) is 2.41. The molecule has 1 heterocycles. The van der Waals surface area contributed by atoms with Crippen molar-refractivity contribution in [1.29, 1.82) is 0 Å². The van der Waals surface area contributed by atoms with Crippen molar-refractivity contribution in [2.24, 2.45) is 11.8 Å². The largest absolute Gasteiger partial charge is 0.481 e. The molecule has 1 aromatic rings. The molecule has 0 bridgehead atoms. The minimum Gasteiger partial charge on any atom is -0.481 e. The van der Waals surface area contributed by atoms with Crippen LogP contribution in [0.25, 0.3) is 0 Å². The molecule has 2 unspecified atom stereocenters. The summed E-state index contributed by atoms with van der Waals surface area (Å²) in [5.41, 5.74) is 1.01. The molecule has 1 saturated carbocycles. The van der Waals surface area contributed by atoms with Crippen LogP contribution in [0.4, 0.5) is 5.82 Å². The average molecular weight is 262 g/mol. The summed E-state index contributed by atoms with van der Waals surface area (Å²) >= 11 is 0. The Morgan fingerprint density at radius 1 is 1.26 bits per heavy atom. The number of nitrogens with zero attached hydrogens (tertiary/aromatic N) is 1. The molecule has 1 fully saturated rings. The zero-order chi connectivity index (χ0) is 13.8. The highest BCUT2D eigenvalue weighted by Crippen LogP contribution is 2.31. The molecule has 0 aliphatic heterocycles. The van der Waals surface area contributed by atoms with Gasteiger partial charge in [-0.1, -0.05) is 18.9 Å². The molecule has 19 heavy (non-hydrogen) atoms. The van der Waals surface area contributed by atoms with E-state index in [1.165, 1.54) is 0 Å². The maximum Gasteiger partial charge on any atom is 0.307 e. The van der Waals surface area contributed by atoms with Gasteiger partial charge in [0.1, 0.15) is 5.82 Å². The molecule has 1 aliphatic rings. The van der Waals surface area contributed by atoms with Crippen molar-refractivity contribution >= 4 is 17.7 Å². The van der Waals surface area contributed by atoms with Crippen LogP contribution >= 0.6 is 0 Å². The van der Waals surface area contributed by atoms with Gasteiger partial charge in [0, 0.05) is 6.20 Å². The molecule has 0 radical (unpaired) electrons. The maximum atomic E-state index is 12.2. The van der Waals surface area contributed by atoms with Gasteiger partial charge in [-0.2, -0.15) is 0 Å². The number of amides is 1. The number of aliphatic carboxylic acids is 1. The van der Waals surface area contributed by atoms with E-state index < -0.39 is 17.8 Å². The first-order valence-corrected chi connectivity index (χ1v) is 6.54. The summed E-state index contributed by atoms with van der Waals surface area (Å²) < 4.78 is 0. The van der Waals surface area contributed by atoms with Gasteiger partial charge in [0.2, 0.25) is 5.91 Å². The number of pyridine rings is 1. The molecule has 1 aliphatic carbocycles. The fourth-order valence-corrected chi connectivity index (χ4v) is 2.50. The normalized spacial score (nSPS) is 22.8. The highest BCUT2D eigenvalue weighted by Gasteiger charge is 2.35. The van der Waals surface area contributed by atoms with E-state index in [-0.39, 0.29) is 5.91 Å². The molecule has 0 saturated heterocycles. The topological polar surface area (TPSA) is 79.3 Å². The minimum atomic E-state index is -0.878. The van der Waals surface area contributed by atoms with Gasteiger partial charge in [0.15, 0.2) is 0 Å². The van der Waals surface area contributed by atoms with Gasteiger partial charge in [0.25, 0.3) is 0 Å². The Labute approximate surface area is 112 Å². The first kappa shape index (κ1) is 13.5. The predicted molar refractivity (Wildman–Crippen MR) is 70.7 cm³/mol. The SMILES string of the molecule is Cc1ccc(NC(=O)C2CCCCC2C(=O)O)nc1. The number of nitrogens with one attached hydrogen (secondary N) is 1. The van der Waals surface area contributed by atoms with Crippen LogP contribution in [0.2, 0.25) is 0 Å². The van der Waals surface area contributed by atoms with Gasteiger partial charge in [-0.05, 0) is 31.4 Å². The summed E-state index contributed by atoms with van der Waals surface area (Å²) in [5, 5.41) is 11.9. The summed E-state index contributed by atoms with van der Waals surface area (Å²) in [4.78, 5) is 27.4. The molecule has 5 nitrogen and oxygen atoms in total. The van der Waals surface area contributed by atoms with E-state index in [2.05, 4.69) is 10.3 Å². The molecule has 1 amide bonds. The lowest BCUT2D eigenvalue weighted by Gasteiger charge is -2.27. The van der Waals surface area contributed by atoms with Crippen molar-refractivity contribution in [1.82, 2.24) is 4.98 Å². The van der Waals surface area contributed by atoms with Crippen LogP contribution in [0.1, 0.15) is 31.2 Å². The number of carbonyl (C=O) groups excluding carboxylic acids is 1. The van der Waals surface area contributed by atoms with Gasteiger partial charge in [-0.15, -0.1) is 0 Å². The Hall–Kier alpha value is -1.91. The second-order valence-electron chi connectivity index (χ2n) is 5.05. The molecular formula is C14H18N2O3. The van der Waals surface area contributed by atoms with Gasteiger partial charge in [-0.25, -0.2) is 4.98 Å². The van der Waals surface area contributed by atoms with Crippen LogP contribution in [-0.2, 0) is 9.59 Å². The number of carbonyl (C=O) groups is 2. The van der Waals surface area contributed by atoms with Crippen LogP contribution in [0.3, 0.4) is 0 Å². The van der Waals surface area contributed by atoms with Crippen molar-refractivity contribution in [3.63, 3.8) is 0 Å². The van der Waals surface area contributed by atoms with Crippen LogP contribution in [0, 0.1) is 18.8 Å². The number of hydrogen-bond acceptors (Lipinski definition) is 3. The van der Waals surface area contributed by atoms with Crippen molar-refractivity contribution in [2.75, 3.05) is 5.32 Å². The van der Waals surface area contributed by atoms with Crippen LogP contribution in [0.5, 0.6) is 0 Å². The van der Waals surface area contributed by atoms with E-state index >= 15 is 0 Å². The Morgan fingerprint density at radius 2 is 1.95 bits per heavy atom. The lowest BCUT2D eigenvalue weighted by molar-refractivity contribution is -0.147. The number of aryl methyl sites for hydroxylation is 1. The van der Waals surface area contributed by atoms with Crippen molar-refractivity contribution in [2.45, 2.75) is 32.6 Å². The smallest absolute Gasteiger partial charge is 0.307 e. The van der Waals surface area contributed by atoms with Crippen molar-refractivity contribution < 1.29 is 14.7 Å². The standard InChI is InChI=1S/C14H18N2O3/c1-9-6-7-12(15-8-9)16-13(17)10-4-2-3-5-11(10)14(18)19/h6-8,10-11H,2-5H2,1H3,(H,18,19)(H,15,16,17). The zero-order valence-electron chi connectivity index (χ0n) is 10.9. The third-order valence-electron chi connectivity index (χ3n) is 3.58. The Balaban J connectivity index is 2.05. The highest BCUT2D eigenvalue weighted by molar-refractivity contribution is 5.94. The molecule has 2 atom stereocenters. The summed E-state index contributed by atoms with van der Waals surface area (Å²) in [7, 11) is 0. The number of carboxylic acids is 1. The number of rotatable bonds is 3. The molecule has 0 aromatic carbocycles. The second kappa shape index (κ2) is 5.82. The highest BCUT2D eigenvalue weighted by atomic mass is 16.4. The van der Waals surface area contributed by atoms with E-state index in [0.717, 1.165) is 18.4 Å². The van der Waals surface area contributed by atoms with Crippen LogP contribution in [0.15, 0.2) is 18.3 Å². The third-order valence-corrected chi connectivity index (χ3v) is 3.58. The van der Waals surface area contributed by atoms with Gasteiger partial charge in [-0.3, -0.25) is 9.59 Å². The lowest BCUT2D eigenvalue weighted by Crippen LogP contribution is -2.36. The van der Waals surface area contributed by atoms with E-state index in [9.17, 15) is 9.59 Å². The molecule has 102 valence electrons. The molecule has 2 N–H and O–H groups in total. The quantitative estimate of drug-likeness (QED) is 0.875. The summed E-state index contributed by atoms with van der Waals surface area (Å²) in [6.07, 6.45) is 4.67. The number of hydrogen-bond donors (Lipinski definition) is 2. The Kier molecular flexibility index (Phi) is 4.14. The summed E-state index contributed by atoms with van der Waals surface area (Å²) in [6, 6.07) is 3.59. The summed E-state index contributed by atoms with van der Waals surface area (Å²) in [6.45, 7) is 1.92. The first-order chi connectivity index (χ1) is 9.08. The van der Waals surface area contributed by atoms with Crippen LogP contribution in [-0.4, -0.2) is 22.0 Å². The fraction of sp³-hybridized carbons (Fsp3) is 0.500. The number of anilines is 1. The van der Waals surface area contributed by atoms with E-state index in [1.54, 1.807) is 12.3 Å². The zero-order valence-corrected chi connectivity index (χ0v) is 10.9. The van der Waals surface area contributed by atoms with Gasteiger partial charge in [0.05, 0.1) is 11.8 Å². The molecular weight excluding hydrogens is 244 g/mol. The monoisotopic (exact) mass is 262 g/mol. The summed E-state index contributed by atoms with van der Waals surface area (Å²) in [5.74, 6) is -1.65. The minimum absolute atomic E-state index is 0.233. The van der Waals surface area contributed by atoms with E-state index in [4.69, 9.17) is 5.11 Å². The third kappa shape index (κ3) is 3.30. The van der Waals surface area contributed by atoms with Gasteiger partial charge < -0.3 is 10.4 Å². The maximum absolute atomic E-state index is 12.2. The van der Waals surface area contributed by atoms with Gasteiger partial charge >= 0.3 is 5.97 Å².